The molecule has 0 atom stereocenters. The number of rotatable bonds is 8. The molecule has 1 rings (SSSR count). The van der Waals surface area contributed by atoms with Gasteiger partial charge in [0, 0.05) is 25.7 Å². The number of aliphatic hydroxyl groups excluding tert-OH is 1. The number of carbonyl (C=O) groups is 2. The number of carbonyl (C=O) groups excluding carboxylic acids is 1. The van der Waals surface area contributed by atoms with Crippen molar-refractivity contribution in [2.24, 2.45) is 5.92 Å². The first-order chi connectivity index (χ1) is 8.95. The lowest BCUT2D eigenvalue weighted by atomic mass is 10.3. The van der Waals surface area contributed by atoms with Gasteiger partial charge >= 0.3 is 12.0 Å². The van der Waals surface area contributed by atoms with E-state index in [2.05, 4.69) is 0 Å². The summed E-state index contributed by atoms with van der Waals surface area (Å²) in [6, 6.07) is -0.243. The van der Waals surface area contributed by atoms with Crippen LogP contribution in [0, 0.1) is 5.92 Å². The molecular weight excluding hydrogens is 248 g/mol. The van der Waals surface area contributed by atoms with Crippen LogP contribution in [-0.2, 0) is 4.79 Å². The molecule has 6 heteroatoms. The van der Waals surface area contributed by atoms with Crippen molar-refractivity contribution >= 4 is 12.0 Å². The van der Waals surface area contributed by atoms with Crippen molar-refractivity contribution in [3.05, 3.63) is 0 Å². The first-order valence-corrected chi connectivity index (χ1v) is 6.84. The standard InChI is InChI=1S/C13H24N2O4/c1-10(2)15(6-3-7-16)13(19)14(9-12(17)18)8-11-4-5-11/h10-11,16H,3-9H2,1-2H3,(H,17,18). The van der Waals surface area contributed by atoms with Crippen molar-refractivity contribution in [3.8, 4) is 0 Å². The molecule has 0 radical (unpaired) electrons. The molecule has 0 aromatic rings. The molecule has 0 saturated heterocycles. The highest BCUT2D eigenvalue weighted by atomic mass is 16.4. The first-order valence-electron chi connectivity index (χ1n) is 6.84. The van der Waals surface area contributed by atoms with Crippen LogP contribution in [0.3, 0.4) is 0 Å². The zero-order valence-electron chi connectivity index (χ0n) is 11.7. The van der Waals surface area contributed by atoms with E-state index in [1.807, 2.05) is 13.8 Å². The van der Waals surface area contributed by atoms with E-state index in [1.54, 1.807) is 4.90 Å². The average molecular weight is 272 g/mol. The summed E-state index contributed by atoms with van der Waals surface area (Å²) in [5.41, 5.74) is 0. The Morgan fingerprint density at radius 3 is 2.37 bits per heavy atom. The Bertz CT molecular complexity index is 316. The Balaban J connectivity index is 2.66. The summed E-state index contributed by atoms with van der Waals surface area (Å²) in [5, 5.41) is 17.8. The third-order valence-electron chi connectivity index (χ3n) is 3.20. The molecule has 1 aliphatic carbocycles. The van der Waals surface area contributed by atoms with E-state index in [0.717, 1.165) is 12.8 Å². The maximum Gasteiger partial charge on any atom is 0.323 e. The van der Waals surface area contributed by atoms with Crippen LogP contribution in [0.4, 0.5) is 4.79 Å². The summed E-state index contributed by atoms with van der Waals surface area (Å²) in [6.07, 6.45) is 2.65. The monoisotopic (exact) mass is 272 g/mol. The highest BCUT2D eigenvalue weighted by Crippen LogP contribution is 2.30. The molecule has 0 aliphatic heterocycles. The lowest BCUT2D eigenvalue weighted by molar-refractivity contribution is -0.137. The molecule has 1 saturated carbocycles. The number of carboxylic acid groups (broad SMARTS) is 1. The van der Waals surface area contributed by atoms with Crippen LogP contribution in [0.15, 0.2) is 0 Å². The molecule has 110 valence electrons. The van der Waals surface area contributed by atoms with Crippen molar-refractivity contribution < 1.29 is 19.8 Å². The van der Waals surface area contributed by atoms with Crippen LogP contribution < -0.4 is 0 Å². The van der Waals surface area contributed by atoms with Gasteiger partial charge in [0.2, 0.25) is 0 Å². The zero-order chi connectivity index (χ0) is 14.4. The molecular formula is C13H24N2O4. The molecule has 0 unspecified atom stereocenters. The number of amides is 2. The van der Waals surface area contributed by atoms with E-state index in [-0.39, 0.29) is 25.2 Å². The maximum absolute atomic E-state index is 12.4. The van der Waals surface area contributed by atoms with Gasteiger partial charge in [-0.1, -0.05) is 0 Å². The van der Waals surface area contributed by atoms with Gasteiger partial charge < -0.3 is 20.0 Å². The lowest BCUT2D eigenvalue weighted by Gasteiger charge is -2.32. The fourth-order valence-electron chi connectivity index (χ4n) is 1.98. The van der Waals surface area contributed by atoms with Gasteiger partial charge in [0.1, 0.15) is 6.54 Å². The van der Waals surface area contributed by atoms with Crippen molar-refractivity contribution in [1.29, 1.82) is 0 Å². The molecule has 19 heavy (non-hydrogen) atoms. The Labute approximate surface area is 114 Å². The Morgan fingerprint density at radius 1 is 1.32 bits per heavy atom. The quantitative estimate of drug-likeness (QED) is 0.690. The van der Waals surface area contributed by atoms with Gasteiger partial charge in [-0.25, -0.2) is 4.79 Å². The van der Waals surface area contributed by atoms with Gasteiger partial charge in [-0.05, 0) is 39.0 Å². The number of hydrogen-bond acceptors (Lipinski definition) is 3. The summed E-state index contributed by atoms with van der Waals surface area (Å²) < 4.78 is 0. The van der Waals surface area contributed by atoms with E-state index in [0.29, 0.717) is 25.4 Å². The molecule has 0 bridgehead atoms. The second kappa shape index (κ2) is 7.33. The van der Waals surface area contributed by atoms with E-state index >= 15 is 0 Å². The first kappa shape index (κ1) is 15.8. The van der Waals surface area contributed by atoms with Crippen LogP contribution in [0.5, 0.6) is 0 Å². The van der Waals surface area contributed by atoms with Crippen molar-refractivity contribution in [3.63, 3.8) is 0 Å². The minimum absolute atomic E-state index is 0.00505. The van der Waals surface area contributed by atoms with Gasteiger partial charge in [0.25, 0.3) is 0 Å². The SMILES string of the molecule is CC(C)N(CCCO)C(=O)N(CC(=O)O)CC1CC1. The van der Waals surface area contributed by atoms with E-state index in [9.17, 15) is 9.59 Å². The van der Waals surface area contributed by atoms with Gasteiger partial charge in [-0.15, -0.1) is 0 Å². The molecule has 1 fully saturated rings. The summed E-state index contributed by atoms with van der Waals surface area (Å²) in [4.78, 5) is 26.3. The molecule has 0 spiro atoms. The number of aliphatic carboxylic acids is 1. The highest BCUT2D eigenvalue weighted by molar-refractivity contribution is 5.80. The maximum atomic E-state index is 12.4. The van der Waals surface area contributed by atoms with Crippen molar-refractivity contribution in [2.75, 3.05) is 26.2 Å². The Kier molecular flexibility index (Phi) is 6.08. The van der Waals surface area contributed by atoms with Crippen LogP contribution in [-0.4, -0.2) is 64.3 Å². The van der Waals surface area contributed by atoms with Gasteiger partial charge in [0.15, 0.2) is 0 Å². The minimum Gasteiger partial charge on any atom is -0.480 e. The third kappa shape index (κ3) is 5.46. The summed E-state index contributed by atoms with van der Waals surface area (Å²) in [7, 11) is 0. The Morgan fingerprint density at radius 2 is 1.95 bits per heavy atom. The van der Waals surface area contributed by atoms with E-state index < -0.39 is 5.97 Å². The van der Waals surface area contributed by atoms with Crippen molar-refractivity contribution in [1.82, 2.24) is 9.80 Å². The second-order valence-electron chi connectivity index (χ2n) is 5.36. The molecule has 1 aliphatic rings. The Hall–Kier alpha value is -1.30. The fourth-order valence-corrected chi connectivity index (χ4v) is 1.98. The number of nitrogens with zero attached hydrogens (tertiary/aromatic N) is 2. The van der Waals surface area contributed by atoms with Crippen LogP contribution in [0.1, 0.15) is 33.1 Å². The third-order valence-corrected chi connectivity index (χ3v) is 3.20. The highest BCUT2D eigenvalue weighted by Gasteiger charge is 2.30. The normalized spacial score (nSPS) is 14.5. The topological polar surface area (TPSA) is 81.1 Å². The van der Waals surface area contributed by atoms with Crippen LogP contribution in [0.25, 0.3) is 0 Å². The van der Waals surface area contributed by atoms with Crippen LogP contribution >= 0.6 is 0 Å². The molecule has 2 amide bonds. The molecule has 2 N–H and O–H groups in total. The van der Waals surface area contributed by atoms with Gasteiger partial charge in [-0.3, -0.25) is 4.79 Å². The fraction of sp³-hybridized carbons (Fsp3) is 0.846. The predicted molar refractivity (Wildman–Crippen MR) is 70.9 cm³/mol. The number of urea groups is 1. The number of aliphatic hydroxyl groups is 1. The summed E-state index contributed by atoms with van der Waals surface area (Å²) >= 11 is 0. The largest absolute Gasteiger partial charge is 0.480 e. The predicted octanol–water partition coefficient (Wildman–Crippen LogP) is 0.996. The van der Waals surface area contributed by atoms with Crippen LogP contribution in [0.2, 0.25) is 0 Å². The zero-order valence-corrected chi connectivity index (χ0v) is 11.7. The number of hydrogen-bond donors (Lipinski definition) is 2. The molecule has 0 aromatic carbocycles. The minimum atomic E-state index is -0.986. The smallest absolute Gasteiger partial charge is 0.323 e. The van der Waals surface area contributed by atoms with E-state index in [4.69, 9.17) is 10.2 Å². The number of carboxylic acids is 1. The van der Waals surface area contributed by atoms with Gasteiger partial charge in [-0.2, -0.15) is 0 Å². The summed E-state index contributed by atoms with van der Waals surface area (Å²) in [6.45, 7) is 4.54. The van der Waals surface area contributed by atoms with Crippen molar-refractivity contribution in [2.45, 2.75) is 39.2 Å². The molecule has 0 aromatic heterocycles. The second-order valence-corrected chi connectivity index (χ2v) is 5.36. The summed E-state index contributed by atoms with van der Waals surface area (Å²) in [5.74, 6) is -0.532. The van der Waals surface area contributed by atoms with Gasteiger partial charge in [0.05, 0.1) is 0 Å². The molecule has 0 heterocycles. The average Bonchev–Trinajstić information content (AvgIpc) is 3.11. The molecule has 6 nitrogen and oxygen atoms in total. The lowest BCUT2D eigenvalue weighted by Crippen LogP contribution is -2.49. The van der Waals surface area contributed by atoms with E-state index in [1.165, 1.54) is 4.90 Å².